The SMILES string of the molecule is c1sc2c([s+]1)SCCS2. The molecule has 0 nitrogen and oxygen atoms in total. The Morgan fingerprint density at radius 1 is 1.33 bits per heavy atom. The fourth-order valence-corrected chi connectivity index (χ4v) is 6.06. The maximum Gasteiger partial charge on any atom is 0.244 e. The predicted molar refractivity (Wildman–Crippen MR) is 48.1 cm³/mol. The van der Waals surface area contributed by atoms with E-state index in [1.54, 1.807) is 0 Å². The van der Waals surface area contributed by atoms with E-state index < -0.39 is 0 Å². The first-order valence-corrected chi connectivity index (χ1v) is 6.35. The fourth-order valence-electron chi connectivity index (χ4n) is 0.662. The summed E-state index contributed by atoms with van der Waals surface area (Å²) in [6.45, 7) is 0. The van der Waals surface area contributed by atoms with Crippen molar-refractivity contribution in [3.63, 3.8) is 0 Å². The normalized spacial score (nSPS) is 17.3. The highest BCUT2D eigenvalue weighted by Gasteiger charge is 2.20. The van der Waals surface area contributed by atoms with Crippen molar-refractivity contribution in [3.05, 3.63) is 4.69 Å². The Labute approximate surface area is 70.7 Å². The molecule has 0 unspecified atom stereocenters. The van der Waals surface area contributed by atoms with Gasteiger partial charge in [-0.15, -0.1) is 0 Å². The maximum absolute atomic E-state index is 2.22. The summed E-state index contributed by atoms with van der Waals surface area (Å²) in [5, 5.41) is 0. The molecule has 9 heavy (non-hydrogen) atoms. The van der Waals surface area contributed by atoms with Crippen molar-refractivity contribution >= 4 is 46.2 Å². The highest BCUT2D eigenvalue weighted by atomic mass is 32.2. The third-order valence-electron chi connectivity index (χ3n) is 1.03. The van der Waals surface area contributed by atoms with Gasteiger partial charge in [0.15, 0.2) is 0 Å². The van der Waals surface area contributed by atoms with Crippen molar-refractivity contribution < 1.29 is 0 Å². The van der Waals surface area contributed by atoms with Crippen molar-refractivity contribution in [2.45, 2.75) is 8.42 Å². The van der Waals surface area contributed by atoms with Crippen LogP contribution in [0, 0.1) is 0 Å². The minimum Gasteiger partial charge on any atom is -0.0865 e. The van der Waals surface area contributed by atoms with Crippen LogP contribution in [0.25, 0.3) is 0 Å². The number of thioether (sulfide) groups is 2. The molecule has 0 saturated carbocycles. The van der Waals surface area contributed by atoms with Crippen LogP contribution < -0.4 is 0 Å². The Morgan fingerprint density at radius 2 is 2.22 bits per heavy atom. The zero-order valence-corrected chi connectivity index (χ0v) is 7.89. The van der Waals surface area contributed by atoms with Crippen LogP contribution in [0.5, 0.6) is 0 Å². The van der Waals surface area contributed by atoms with Gasteiger partial charge in [0.2, 0.25) is 13.1 Å². The van der Waals surface area contributed by atoms with Gasteiger partial charge in [-0.05, 0) is 0 Å². The molecule has 0 spiro atoms. The lowest BCUT2D eigenvalue weighted by Crippen LogP contribution is -1.87. The second kappa shape index (κ2) is 2.78. The number of fused-ring (bicyclic) bond motifs is 1. The summed E-state index contributed by atoms with van der Waals surface area (Å²) in [7, 11) is 0. The molecule has 0 atom stereocenters. The van der Waals surface area contributed by atoms with E-state index >= 15 is 0 Å². The molecule has 4 heteroatoms. The average molecular weight is 193 g/mol. The lowest BCUT2D eigenvalue weighted by molar-refractivity contribution is 1.42. The molecule has 0 saturated heterocycles. The molecular weight excluding hydrogens is 188 g/mol. The maximum atomic E-state index is 2.22. The van der Waals surface area contributed by atoms with E-state index in [0.29, 0.717) is 0 Å². The Morgan fingerprint density at radius 3 is 3.11 bits per heavy atom. The molecule has 0 amide bonds. The van der Waals surface area contributed by atoms with Crippen molar-refractivity contribution in [3.8, 4) is 0 Å². The van der Waals surface area contributed by atoms with Gasteiger partial charge in [-0.1, -0.05) is 23.5 Å². The van der Waals surface area contributed by atoms with Crippen molar-refractivity contribution in [1.29, 1.82) is 0 Å². The van der Waals surface area contributed by atoms with E-state index in [0.717, 1.165) is 0 Å². The van der Waals surface area contributed by atoms with E-state index in [2.05, 4.69) is 4.69 Å². The molecule has 0 aliphatic carbocycles. The fraction of sp³-hybridized carbons (Fsp3) is 0.400. The van der Waals surface area contributed by atoms with E-state index in [4.69, 9.17) is 0 Å². The molecule has 2 rings (SSSR count). The van der Waals surface area contributed by atoms with Gasteiger partial charge >= 0.3 is 0 Å². The first-order chi connectivity index (χ1) is 4.47. The predicted octanol–water partition coefficient (Wildman–Crippen LogP) is 3.29. The standard InChI is InChI=1S/C5H5S4/c1-2-7-5-4(6-1)8-3-9-5/h3H,1-2H2/q+1. The molecule has 1 aromatic rings. The third-order valence-corrected chi connectivity index (χ3v) is 6.44. The first-order valence-electron chi connectivity index (χ1n) is 2.62. The topological polar surface area (TPSA) is 0 Å². The minimum atomic E-state index is 1.30. The van der Waals surface area contributed by atoms with E-state index in [1.807, 2.05) is 46.2 Å². The second-order valence-corrected chi connectivity index (χ2v) is 6.39. The number of hydrogen-bond donors (Lipinski definition) is 0. The third kappa shape index (κ3) is 1.27. The molecule has 1 aliphatic heterocycles. The van der Waals surface area contributed by atoms with Crippen LogP contribution in [0.2, 0.25) is 0 Å². The Balaban J connectivity index is 2.39. The van der Waals surface area contributed by atoms with Crippen LogP contribution in [0.15, 0.2) is 13.1 Å². The van der Waals surface area contributed by atoms with Gasteiger partial charge in [-0.2, -0.15) is 0 Å². The van der Waals surface area contributed by atoms with Crippen LogP contribution in [0.3, 0.4) is 0 Å². The molecule has 0 radical (unpaired) electrons. The lowest BCUT2D eigenvalue weighted by Gasteiger charge is -2.00. The number of rotatable bonds is 0. The molecule has 0 aromatic carbocycles. The molecule has 1 aliphatic rings. The summed E-state index contributed by atoms with van der Waals surface area (Å²) in [5.41, 5.74) is 0. The van der Waals surface area contributed by atoms with E-state index in [9.17, 15) is 0 Å². The van der Waals surface area contributed by atoms with Crippen LogP contribution in [-0.4, -0.2) is 11.5 Å². The van der Waals surface area contributed by atoms with Gasteiger partial charge in [0, 0.05) is 11.5 Å². The monoisotopic (exact) mass is 193 g/mol. The Hall–Kier alpha value is 0.750. The highest BCUT2D eigenvalue weighted by molar-refractivity contribution is 8.08. The zero-order chi connectivity index (χ0) is 6.10. The molecule has 0 fully saturated rings. The summed E-state index contributed by atoms with van der Waals surface area (Å²) in [4.78, 5) is 0. The smallest absolute Gasteiger partial charge is 0.0865 e. The summed E-state index contributed by atoms with van der Waals surface area (Å²) in [6.07, 6.45) is 0. The number of hydrogen-bond acceptors (Lipinski definition) is 3. The van der Waals surface area contributed by atoms with Gasteiger partial charge in [0.1, 0.15) is 0 Å². The minimum absolute atomic E-state index is 1.30. The van der Waals surface area contributed by atoms with Crippen molar-refractivity contribution in [2.24, 2.45) is 0 Å². The summed E-state index contributed by atoms with van der Waals surface area (Å²) in [5.74, 6) is 2.59. The van der Waals surface area contributed by atoms with Crippen molar-refractivity contribution in [2.75, 3.05) is 11.5 Å². The van der Waals surface area contributed by atoms with Crippen molar-refractivity contribution in [1.82, 2.24) is 0 Å². The molecule has 48 valence electrons. The van der Waals surface area contributed by atoms with Crippen LogP contribution in [0.4, 0.5) is 0 Å². The average Bonchev–Trinajstić information content (AvgIpc) is 2.33. The van der Waals surface area contributed by atoms with Gasteiger partial charge in [-0.25, -0.2) is 0 Å². The van der Waals surface area contributed by atoms with Gasteiger partial charge in [0.05, 0.1) is 22.7 Å². The first kappa shape index (κ1) is 6.46. The van der Waals surface area contributed by atoms with Crippen LogP contribution >= 0.6 is 46.2 Å². The summed E-state index contributed by atoms with van der Waals surface area (Å²) in [6, 6.07) is 0. The molecule has 1 aromatic heterocycles. The van der Waals surface area contributed by atoms with Gasteiger partial charge in [-0.3, -0.25) is 0 Å². The highest BCUT2D eigenvalue weighted by Crippen LogP contribution is 2.43. The van der Waals surface area contributed by atoms with Crippen LogP contribution in [0.1, 0.15) is 0 Å². The van der Waals surface area contributed by atoms with Crippen LogP contribution in [-0.2, 0) is 0 Å². The molecular formula is C5H5S4+. The van der Waals surface area contributed by atoms with Gasteiger partial charge < -0.3 is 0 Å². The molecule has 2 heterocycles. The lowest BCUT2D eigenvalue weighted by atomic mass is 11.0. The largest absolute Gasteiger partial charge is 0.244 e. The zero-order valence-electron chi connectivity index (χ0n) is 4.62. The van der Waals surface area contributed by atoms with E-state index in [-0.39, 0.29) is 0 Å². The Kier molecular flexibility index (Phi) is 2.00. The Bertz CT molecular complexity index is 184. The molecule has 0 N–H and O–H groups in total. The van der Waals surface area contributed by atoms with E-state index in [1.165, 1.54) is 19.9 Å². The summed E-state index contributed by atoms with van der Waals surface area (Å²) >= 11 is 7.78. The molecule has 0 bridgehead atoms. The second-order valence-electron chi connectivity index (χ2n) is 1.60. The summed E-state index contributed by atoms with van der Waals surface area (Å²) < 4.78 is 5.29. The quantitative estimate of drug-likeness (QED) is 0.580. The van der Waals surface area contributed by atoms with Gasteiger partial charge in [0.25, 0.3) is 0 Å².